The van der Waals surface area contributed by atoms with Crippen LogP contribution in [0.4, 0.5) is 5.95 Å². The van der Waals surface area contributed by atoms with E-state index >= 15 is 0 Å². The van der Waals surface area contributed by atoms with Gasteiger partial charge >= 0.3 is 0 Å². The van der Waals surface area contributed by atoms with Crippen molar-refractivity contribution in [3.8, 4) is 0 Å². The van der Waals surface area contributed by atoms with E-state index in [-0.39, 0.29) is 0 Å². The monoisotopic (exact) mass is 216 g/mol. The van der Waals surface area contributed by atoms with Crippen molar-refractivity contribution in [1.29, 1.82) is 0 Å². The van der Waals surface area contributed by atoms with Gasteiger partial charge in [-0.25, -0.2) is 5.10 Å². The van der Waals surface area contributed by atoms with Crippen LogP contribution in [0.25, 0.3) is 0 Å². The van der Waals surface area contributed by atoms with Crippen molar-refractivity contribution in [3.05, 3.63) is 0 Å². The molecule has 0 radical (unpaired) electrons. The van der Waals surface area contributed by atoms with Crippen LogP contribution >= 0.6 is 11.8 Å². The molecule has 14 heavy (non-hydrogen) atoms. The summed E-state index contributed by atoms with van der Waals surface area (Å²) in [6, 6.07) is 0. The van der Waals surface area contributed by atoms with E-state index in [0.29, 0.717) is 16.9 Å². The Kier molecular flexibility index (Phi) is 3.77. The molecule has 0 saturated carbocycles. The SMILES string of the molecule is CCC(O)(CC)CSc1n[nH]c(N)n1. The number of aromatic amines is 1. The topological polar surface area (TPSA) is 87.8 Å². The third kappa shape index (κ3) is 2.88. The van der Waals surface area contributed by atoms with E-state index in [0.717, 1.165) is 12.8 Å². The highest BCUT2D eigenvalue weighted by Crippen LogP contribution is 2.24. The smallest absolute Gasteiger partial charge is 0.216 e. The molecule has 1 rings (SSSR count). The van der Waals surface area contributed by atoms with Crippen molar-refractivity contribution >= 4 is 17.7 Å². The van der Waals surface area contributed by atoms with Gasteiger partial charge in [-0.3, -0.25) is 0 Å². The molecule has 0 aliphatic rings. The fourth-order valence-corrected chi connectivity index (χ4v) is 2.05. The van der Waals surface area contributed by atoms with E-state index in [4.69, 9.17) is 5.73 Å². The minimum atomic E-state index is -0.625. The van der Waals surface area contributed by atoms with Gasteiger partial charge in [0.1, 0.15) is 0 Å². The summed E-state index contributed by atoms with van der Waals surface area (Å²) >= 11 is 1.41. The third-order valence-corrected chi connectivity index (χ3v) is 3.39. The third-order valence-electron chi connectivity index (χ3n) is 2.27. The van der Waals surface area contributed by atoms with E-state index in [9.17, 15) is 5.11 Å². The molecular formula is C8H16N4OS. The summed E-state index contributed by atoms with van der Waals surface area (Å²) in [4.78, 5) is 3.95. The molecule has 0 fully saturated rings. The number of nitrogen functional groups attached to an aromatic ring is 1. The van der Waals surface area contributed by atoms with Crippen molar-refractivity contribution in [2.75, 3.05) is 11.5 Å². The van der Waals surface area contributed by atoms with Gasteiger partial charge in [-0.05, 0) is 12.8 Å². The second kappa shape index (κ2) is 4.65. The molecule has 0 aliphatic heterocycles. The van der Waals surface area contributed by atoms with Gasteiger partial charge in [0.2, 0.25) is 11.1 Å². The average molecular weight is 216 g/mol. The first-order valence-electron chi connectivity index (χ1n) is 4.62. The number of hydrogen-bond acceptors (Lipinski definition) is 5. The lowest BCUT2D eigenvalue weighted by atomic mass is 10.0. The Morgan fingerprint density at radius 3 is 2.57 bits per heavy atom. The molecule has 1 aromatic rings. The molecule has 0 bridgehead atoms. The van der Waals surface area contributed by atoms with Crippen LogP contribution in [-0.2, 0) is 0 Å². The number of aliphatic hydroxyl groups is 1. The first kappa shape index (κ1) is 11.3. The molecule has 0 atom stereocenters. The van der Waals surface area contributed by atoms with E-state index in [1.807, 2.05) is 13.8 Å². The van der Waals surface area contributed by atoms with E-state index in [1.165, 1.54) is 11.8 Å². The Morgan fingerprint density at radius 2 is 2.14 bits per heavy atom. The van der Waals surface area contributed by atoms with E-state index in [2.05, 4.69) is 15.2 Å². The summed E-state index contributed by atoms with van der Waals surface area (Å²) in [6.07, 6.45) is 1.47. The van der Waals surface area contributed by atoms with Gasteiger partial charge in [-0.15, -0.1) is 5.10 Å². The van der Waals surface area contributed by atoms with Gasteiger partial charge in [0, 0.05) is 5.75 Å². The van der Waals surface area contributed by atoms with Crippen molar-refractivity contribution in [3.63, 3.8) is 0 Å². The lowest BCUT2D eigenvalue weighted by Gasteiger charge is -2.23. The fraction of sp³-hybridized carbons (Fsp3) is 0.750. The van der Waals surface area contributed by atoms with Crippen LogP contribution in [0.3, 0.4) is 0 Å². The average Bonchev–Trinajstić information content (AvgIpc) is 2.61. The molecule has 0 amide bonds. The van der Waals surface area contributed by atoms with Gasteiger partial charge in [-0.1, -0.05) is 25.6 Å². The molecular weight excluding hydrogens is 200 g/mol. The van der Waals surface area contributed by atoms with Crippen LogP contribution in [-0.4, -0.2) is 31.6 Å². The summed E-state index contributed by atoms with van der Waals surface area (Å²) in [5.41, 5.74) is 4.75. The van der Waals surface area contributed by atoms with Crippen LogP contribution in [0.2, 0.25) is 0 Å². The van der Waals surface area contributed by atoms with Crippen molar-refractivity contribution in [2.24, 2.45) is 0 Å². The number of thioether (sulfide) groups is 1. The van der Waals surface area contributed by atoms with Crippen LogP contribution in [0.1, 0.15) is 26.7 Å². The van der Waals surface area contributed by atoms with Crippen LogP contribution in [0, 0.1) is 0 Å². The van der Waals surface area contributed by atoms with Gasteiger partial charge in [0.05, 0.1) is 5.60 Å². The number of nitrogens with two attached hydrogens (primary N) is 1. The molecule has 0 saturated heterocycles. The Bertz CT molecular complexity index is 285. The largest absolute Gasteiger partial charge is 0.389 e. The quantitative estimate of drug-likeness (QED) is 0.640. The van der Waals surface area contributed by atoms with E-state index in [1.54, 1.807) is 0 Å². The van der Waals surface area contributed by atoms with Crippen molar-refractivity contribution in [2.45, 2.75) is 37.4 Å². The van der Waals surface area contributed by atoms with Crippen LogP contribution in [0.5, 0.6) is 0 Å². The van der Waals surface area contributed by atoms with Gasteiger partial charge in [-0.2, -0.15) is 4.98 Å². The zero-order valence-electron chi connectivity index (χ0n) is 8.45. The maximum atomic E-state index is 9.98. The molecule has 80 valence electrons. The molecule has 1 heterocycles. The minimum Gasteiger partial charge on any atom is -0.389 e. The molecule has 5 nitrogen and oxygen atoms in total. The van der Waals surface area contributed by atoms with E-state index < -0.39 is 5.60 Å². The van der Waals surface area contributed by atoms with Crippen molar-refractivity contribution in [1.82, 2.24) is 15.2 Å². The predicted molar refractivity (Wildman–Crippen MR) is 57.1 cm³/mol. The Labute approximate surface area is 87.5 Å². The van der Waals surface area contributed by atoms with Crippen LogP contribution < -0.4 is 5.73 Å². The highest BCUT2D eigenvalue weighted by molar-refractivity contribution is 7.99. The molecule has 0 unspecified atom stereocenters. The molecule has 1 aromatic heterocycles. The standard InChI is InChI=1S/C8H16N4OS/c1-3-8(13,4-2)5-14-7-10-6(9)11-12-7/h13H,3-5H2,1-2H3,(H3,9,10,11,12). The first-order chi connectivity index (χ1) is 6.59. The second-order valence-corrected chi connectivity index (χ2v) is 4.17. The van der Waals surface area contributed by atoms with Gasteiger partial charge in [0.25, 0.3) is 0 Å². The second-order valence-electron chi connectivity index (χ2n) is 3.22. The molecule has 4 N–H and O–H groups in total. The normalized spacial score (nSPS) is 11.9. The molecule has 0 aliphatic carbocycles. The summed E-state index contributed by atoms with van der Waals surface area (Å²) < 4.78 is 0. The van der Waals surface area contributed by atoms with Crippen molar-refractivity contribution < 1.29 is 5.11 Å². The first-order valence-corrected chi connectivity index (χ1v) is 5.61. The molecule has 6 heteroatoms. The predicted octanol–water partition coefficient (Wildman–Crippen LogP) is 1.03. The summed E-state index contributed by atoms with van der Waals surface area (Å²) in [5, 5.41) is 17.0. The zero-order chi connectivity index (χ0) is 10.6. The maximum absolute atomic E-state index is 9.98. The highest BCUT2D eigenvalue weighted by Gasteiger charge is 2.22. The Hall–Kier alpha value is -0.750. The maximum Gasteiger partial charge on any atom is 0.216 e. The number of rotatable bonds is 5. The number of anilines is 1. The Balaban J connectivity index is 2.47. The lowest BCUT2D eigenvalue weighted by Crippen LogP contribution is -2.29. The zero-order valence-corrected chi connectivity index (χ0v) is 9.27. The van der Waals surface area contributed by atoms with Gasteiger partial charge < -0.3 is 10.8 Å². The minimum absolute atomic E-state index is 0.309. The number of H-pyrrole nitrogens is 1. The highest BCUT2D eigenvalue weighted by atomic mass is 32.2. The number of nitrogens with zero attached hydrogens (tertiary/aromatic N) is 2. The number of hydrogen-bond donors (Lipinski definition) is 3. The summed E-state index contributed by atoms with van der Waals surface area (Å²) in [5.74, 6) is 0.904. The number of aromatic nitrogens is 3. The molecule has 0 aromatic carbocycles. The lowest BCUT2D eigenvalue weighted by molar-refractivity contribution is 0.0571. The summed E-state index contributed by atoms with van der Waals surface area (Å²) in [7, 11) is 0. The Morgan fingerprint density at radius 1 is 1.50 bits per heavy atom. The fourth-order valence-electron chi connectivity index (χ4n) is 0.976. The van der Waals surface area contributed by atoms with Crippen LogP contribution in [0.15, 0.2) is 5.16 Å². The van der Waals surface area contributed by atoms with Gasteiger partial charge in [0.15, 0.2) is 0 Å². The summed E-state index contributed by atoms with van der Waals surface area (Å²) in [6.45, 7) is 3.94. The molecule has 0 spiro atoms. The number of nitrogens with one attached hydrogen (secondary N) is 1.